The lowest BCUT2D eigenvalue weighted by Crippen LogP contribution is -2.57. The molecule has 0 radical (unpaired) electrons. The van der Waals surface area contributed by atoms with E-state index in [0.29, 0.717) is 41.2 Å². The number of hydrogen-bond donors (Lipinski definition) is 1. The van der Waals surface area contributed by atoms with E-state index >= 15 is 0 Å². The summed E-state index contributed by atoms with van der Waals surface area (Å²) in [6.07, 6.45) is 3.86. The lowest BCUT2D eigenvalue weighted by molar-refractivity contribution is -0.927. The van der Waals surface area contributed by atoms with E-state index in [2.05, 4.69) is 30.3 Å². The molecule has 0 spiro atoms. The molecule has 1 saturated heterocycles. The summed E-state index contributed by atoms with van der Waals surface area (Å²) < 4.78 is 5.66. The summed E-state index contributed by atoms with van der Waals surface area (Å²) >= 11 is 0. The van der Waals surface area contributed by atoms with Crippen molar-refractivity contribution in [1.29, 1.82) is 5.26 Å². The van der Waals surface area contributed by atoms with E-state index in [1.807, 2.05) is 6.07 Å². The molecule has 7 nitrogen and oxygen atoms in total. The van der Waals surface area contributed by atoms with E-state index < -0.39 is 6.03 Å². The third-order valence-corrected chi connectivity index (χ3v) is 6.65. The molecule has 0 saturated carbocycles. The number of nitriles is 1. The molecule has 2 amide bonds. The Morgan fingerprint density at radius 3 is 2.52 bits per heavy atom. The summed E-state index contributed by atoms with van der Waals surface area (Å²) in [6, 6.07) is 19.0. The van der Waals surface area contributed by atoms with Crippen LogP contribution < -0.4 is 10.6 Å². The van der Waals surface area contributed by atoms with Crippen LogP contribution in [0.1, 0.15) is 30.4 Å². The monoisotopic (exact) mass is 449 g/mol. The zero-order chi connectivity index (χ0) is 23.7. The number of ether oxygens (including phenoxy) is 1. The van der Waals surface area contributed by atoms with Gasteiger partial charge in [-0.25, -0.2) is 9.59 Å². The van der Waals surface area contributed by atoms with Gasteiger partial charge in [-0.2, -0.15) is 5.26 Å². The van der Waals surface area contributed by atoms with Crippen molar-refractivity contribution in [2.24, 2.45) is 11.7 Å². The first-order valence-electron chi connectivity index (χ1n) is 11.5. The van der Waals surface area contributed by atoms with E-state index in [0.717, 1.165) is 38.9 Å². The molecule has 1 aliphatic heterocycles. The molecule has 0 aromatic heterocycles. The number of carbonyl (C=O) groups excluding carboxylic acids is 2. The van der Waals surface area contributed by atoms with Gasteiger partial charge in [-0.1, -0.05) is 36.4 Å². The van der Waals surface area contributed by atoms with Crippen molar-refractivity contribution < 1.29 is 18.8 Å². The molecule has 0 aliphatic carbocycles. The summed E-state index contributed by atoms with van der Waals surface area (Å²) in [5, 5.41) is 9.15. The molecule has 7 heteroatoms. The Bertz CT molecular complexity index is 979. The zero-order valence-corrected chi connectivity index (χ0v) is 19.3. The Morgan fingerprint density at radius 2 is 1.88 bits per heavy atom. The lowest BCUT2D eigenvalue weighted by Gasteiger charge is -2.43. The zero-order valence-electron chi connectivity index (χ0n) is 19.3. The second-order valence-corrected chi connectivity index (χ2v) is 8.89. The molecule has 33 heavy (non-hydrogen) atoms. The van der Waals surface area contributed by atoms with E-state index in [4.69, 9.17) is 15.7 Å². The molecule has 0 atom stereocenters. The van der Waals surface area contributed by atoms with Gasteiger partial charge in [0.25, 0.3) is 0 Å². The number of rotatable bonds is 9. The first-order valence-corrected chi connectivity index (χ1v) is 11.5. The second-order valence-electron chi connectivity index (χ2n) is 8.89. The topological polar surface area (TPSA) is 96.4 Å². The van der Waals surface area contributed by atoms with Crippen LogP contribution >= 0.6 is 0 Å². The summed E-state index contributed by atoms with van der Waals surface area (Å²) in [7, 11) is 1.43. The Labute approximate surface area is 195 Å². The summed E-state index contributed by atoms with van der Waals surface area (Å²) in [4.78, 5) is 25.8. The molecule has 2 N–H and O–H groups in total. The van der Waals surface area contributed by atoms with Crippen LogP contribution in [0, 0.1) is 17.2 Å². The van der Waals surface area contributed by atoms with Crippen LogP contribution in [0.5, 0.6) is 0 Å². The third kappa shape index (κ3) is 6.80. The molecular formula is C26H33N4O3+. The molecule has 1 heterocycles. The Morgan fingerprint density at radius 1 is 1.15 bits per heavy atom. The van der Waals surface area contributed by atoms with Crippen LogP contribution in [0.4, 0.5) is 10.5 Å². The van der Waals surface area contributed by atoms with E-state index in [1.54, 1.807) is 24.3 Å². The van der Waals surface area contributed by atoms with Gasteiger partial charge in [0.05, 0.1) is 38.4 Å². The number of anilines is 1. The number of hydrogen-bond acceptors (Lipinski definition) is 4. The fourth-order valence-electron chi connectivity index (χ4n) is 4.79. The minimum atomic E-state index is -0.550. The smallest absolute Gasteiger partial charge is 0.361 e. The van der Waals surface area contributed by atoms with Crippen LogP contribution in [0.2, 0.25) is 0 Å². The van der Waals surface area contributed by atoms with Crippen LogP contribution in [0.3, 0.4) is 0 Å². The van der Waals surface area contributed by atoms with E-state index in [1.165, 1.54) is 17.6 Å². The number of likely N-dealkylation sites (tertiary alicyclic amines) is 1. The molecule has 0 bridgehead atoms. The maximum absolute atomic E-state index is 12.2. The number of urea groups is 1. The predicted molar refractivity (Wildman–Crippen MR) is 127 cm³/mol. The molecule has 2 aromatic rings. The number of esters is 1. The Kier molecular flexibility index (Phi) is 8.45. The predicted octanol–water partition coefficient (Wildman–Crippen LogP) is 3.48. The SMILES string of the molecule is COC(=O)C[N+]1(CCCN(C(N)=O)c2cccc(C#N)c2)CCC(Cc2ccccc2)CC1. The number of primary amides is 1. The van der Waals surface area contributed by atoms with E-state index in [9.17, 15) is 9.59 Å². The number of quaternary nitrogens is 1. The quantitative estimate of drug-likeness (QED) is 0.468. The Balaban J connectivity index is 1.63. The van der Waals surface area contributed by atoms with Gasteiger partial charge >= 0.3 is 12.0 Å². The number of methoxy groups -OCH3 is 1. The first kappa shape index (κ1) is 24.3. The third-order valence-electron chi connectivity index (χ3n) is 6.65. The van der Waals surface area contributed by atoms with Gasteiger partial charge in [0.15, 0.2) is 6.54 Å². The second kappa shape index (κ2) is 11.5. The van der Waals surface area contributed by atoms with Gasteiger partial charge in [-0.05, 0) is 48.9 Å². The molecule has 1 fully saturated rings. The highest BCUT2D eigenvalue weighted by atomic mass is 16.5. The van der Waals surface area contributed by atoms with Crippen molar-refractivity contribution in [1.82, 2.24) is 0 Å². The van der Waals surface area contributed by atoms with Crippen molar-refractivity contribution in [3.63, 3.8) is 0 Å². The molecule has 0 unspecified atom stereocenters. The van der Waals surface area contributed by atoms with Gasteiger partial charge in [-0.3, -0.25) is 4.90 Å². The van der Waals surface area contributed by atoms with Crippen molar-refractivity contribution in [3.8, 4) is 6.07 Å². The average Bonchev–Trinajstić information content (AvgIpc) is 2.83. The number of carbonyl (C=O) groups is 2. The van der Waals surface area contributed by atoms with Gasteiger partial charge in [0.1, 0.15) is 0 Å². The Hall–Kier alpha value is -3.37. The van der Waals surface area contributed by atoms with Crippen molar-refractivity contribution in [2.75, 3.05) is 44.7 Å². The van der Waals surface area contributed by atoms with Gasteiger partial charge in [-0.15, -0.1) is 0 Å². The number of piperidine rings is 1. The molecule has 3 rings (SSSR count). The fraction of sp³-hybridized carbons (Fsp3) is 0.423. The fourth-order valence-corrected chi connectivity index (χ4v) is 4.79. The van der Waals surface area contributed by atoms with Crippen LogP contribution in [0.25, 0.3) is 0 Å². The van der Waals surface area contributed by atoms with Crippen LogP contribution in [0.15, 0.2) is 54.6 Å². The average molecular weight is 450 g/mol. The van der Waals surface area contributed by atoms with Gasteiger partial charge < -0.3 is 15.0 Å². The summed E-state index contributed by atoms with van der Waals surface area (Å²) in [6.45, 7) is 3.35. The normalized spacial score (nSPS) is 19.9. The highest BCUT2D eigenvalue weighted by Crippen LogP contribution is 2.27. The number of nitrogens with zero attached hydrogens (tertiary/aromatic N) is 3. The number of amides is 2. The largest absolute Gasteiger partial charge is 0.465 e. The minimum Gasteiger partial charge on any atom is -0.465 e. The minimum absolute atomic E-state index is 0.204. The van der Waals surface area contributed by atoms with Crippen LogP contribution in [-0.2, 0) is 16.0 Å². The van der Waals surface area contributed by atoms with Gasteiger partial charge in [0.2, 0.25) is 0 Å². The molecule has 174 valence electrons. The van der Waals surface area contributed by atoms with Crippen molar-refractivity contribution in [3.05, 3.63) is 65.7 Å². The standard InChI is InChI=1S/C26H32N4O3/c1-33-25(31)20-30(15-11-22(12-16-30)17-21-7-3-2-4-8-21)14-6-13-29(26(28)32)24-10-5-9-23(18-24)19-27/h2-5,7-10,18,22H,6,11-17,20H2,1H3,(H-,28,32)/p+1. The lowest BCUT2D eigenvalue weighted by atomic mass is 9.88. The molecular weight excluding hydrogens is 416 g/mol. The maximum Gasteiger partial charge on any atom is 0.361 e. The molecule has 1 aliphatic rings. The number of benzene rings is 2. The summed E-state index contributed by atoms with van der Waals surface area (Å²) in [5.41, 5.74) is 8.08. The molecule has 2 aromatic carbocycles. The van der Waals surface area contributed by atoms with Crippen molar-refractivity contribution in [2.45, 2.75) is 25.7 Å². The highest BCUT2D eigenvalue weighted by Gasteiger charge is 2.36. The highest BCUT2D eigenvalue weighted by molar-refractivity contribution is 5.90. The first-order chi connectivity index (χ1) is 15.9. The van der Waals surface area contributed by atoms with Crippen molar-refractivity contribution >= 4 is 17.7 Å². The van der Waals surface area contributed by atoms with Gasteiger partial charge in [0, 0.05) is 18.7 Å². The summed E-state index contributed by atoms with van der Waals surface area (Å²) in [5.74, 6) is 0.400. The number of nitrogens with two attached hydrogens (primary N) is 1. The van der Waals surface area contributed by atoms with Crippen LogP contribution in [-0.4, -0.2) is 56.3 Å². The maximum atomic E-state index is 12.2. The van der Waals surface area contributed by atoms with E-state index in [-0.39, 0.29) is 5.97 Å².